The number of carbonyl (C=O) groups excluding carboxylic acids is 1. The lowest BCUT2D eigenvalue weighted by Gasteiger charge is -2.00. The molecular weight excluding hydrogens is 102 g/mol. The molecule has 1 heterocycles. The van der Waals surface area contributed by atoms with Gasteiger partial charge in [-0.05, 0) is 20.9 Å². The number of hydrogen-bond acceptors (Lipinski definition) is 2. The lowest BCUT2D eigenvalue weighted by atomic mass is 10.1. The van der Waals surface area contributed by atoms with Gasteiger partial charge in [-0.2, -0.15) is 0 Å². The first-order valence-electron chi connectivity index (χ1n) is 2.79. The van der Waals surface area contributed by atoms with Crippen LogP contribution < -0.4 is 0 Å². The second kappa shape index (κ2) is 1.32. The van der Waals surface area contributed by atoms with E-state index in [1.165, 1.54) is 0 Å². The van der Waals surface area contributed by atoms with E-state index in [-0.39, 0.29) is 11.3 Å². The van der Waals surface area contributed by atoms with Gasteiger partial charge in [-0.25, -0.2) is 0 Å². The molecule has 2 heteroatoms. The molecule has 0 aromatic rings. The molecule has 1 fully saturated rings. The molecule has 0 aromatic carbocycles. The highest BCUT2D eigenvalue weighted by Gasteiger charge is 2.48. The molecule has 0 aliphatic carbocycles. The van der Waals surface area contributed by atoms with E-state index >= 15 is 0 Å². The van der Waals surface area contributed by atoms with E-state index in [9.17, 15) is 4.79 Å². The van der Waals surface area contributed by atoms with Crippen LogP contribution in [0.2, 0.25) is 0 Å². The van der Waals surface area contributed by atoms with Crippen LogP contribution in [0.4, 0.5) is 0 Å². The number of likely N-dealkylation sites (N-methyl/N-ethyl adjacent to an activating group) is 1. The van der Waals surface area contributed by atoms with Crippen LogP contribution in [0.5, 0.6) is 0 Å². The van der Waals surface area contributed by atoms with E-state index in [1.807, 2.05) is 18.9 Å². The van der Waals surface area contributed by atoms with Gasteiger partial charge in [0.2, 0.25) is 0 Å². The first kappa shape index (κ1) is 5.76. The van der Waals surface area contributed by atoms with Crippen molar-refractivity contribution in [3.63, 3.8) is 0 Å². The third-order valence-corrected chi connectivity index (χ3v) is 2.04. The summed E-state index contributed by atoms with van der Waals surface area (Å²) < 4.78 is 0. The second-order valence-electron chi connectivity index (χ2n) is 2.69. The van der Waals surface area contributed by atoms with Crippen molar-refractivity contribution < 1.29 is 4.79 Å². The first-order valence-corrected chi connectivity index (χ1v) is 2.79. The zero-order chi connectivity index (χ0) is 6.36. The highest BCUT2D eigenvalue weighted by molar-refractivity contribution is 5.88. The lowest BCUT2D eigenvalue weighted by molar-refractivity contribution is -0.119. The van der Waals surface area contributed by atoms with Crippen LogP contribution in [0.15, 0.2) is 0 Å². The largest absolute Gasteiger partial charge is 0.298 e. The van der Waals surface area contributed by atoms with Gasteiger partial charge in [0.15, 0.2) is 5.78 Å². The number of carbonyl (C=O) groups is 1. The van der Waals surface area contributed by atoms with Crippen molar-refractivity contribution >= 4 is 5.78 Å². The Morgan fingerprint density at radius 1 is 1.75 bits per heavy atom. The van der Waals surface area contributed by atoms with Crippen LogP contribution in [0.25, 0.3) is 0 Å². The fourth-order valence-corrected chi connectivity index (χ4v) is 0.807. The molecule has 1 saturated heterocycles. The van der Waals surface area contributed by atoms with Crippen LogP contribution in [0.1, 0.15) is 13.8 Å². The predicted octanol–water partition coefficient (Wildman–Crippen LogP) is 0.280. The standard InChI is InChI=1S/C6H11NO/c1-5(8)6(2)4-7(6)3/h4H2,1-3H3. The van der Waals surface area contributed by atoms with Crippen molar-refractivity contribution in [3.05, 3.63) is 0 Å². The summed E-state index contributed by atoms with van der Waals surface area (Å²) in [5.74, 6) is 0.278. The lowest BCUT2D eigenvalue weighted by Crippen LogP contribution is -2.21. The van der Waals surface area contributed by atoms with E-state index in [0.717, 1.165) is 6.54 Å². The summed E-state index contributed by atoms with van der Waals surface area (Å²) in [5.41, 5.74) is -0.0972. The van der Waals surface area contributed by atoms with E-state index in [4.69, 9.17) is 0 Å². The van der Waals surface area contributed by atoms with Gasteiger partial charge in [-0.3, -0.25) is 9.69 Å². The molecule has 0 N–H and O–H groups in total. The summed E-state index contributed by atoms with van der Waals surface area (Å²) in [4.78, 5) is 12.7. The molecule has 2 nitrogen and oxygen atoms in total. The summed E-state index contributed by atoms with van der Waals surface area (Å²) in [5, 5.41) is 0. The van der Waals surface area contributed by atoms with Crippen molar-refractivity contribution in [1.82, 2.24) is 4.90 Å². The molecule has 0 saturated carbocycles. The monoisotopic (exact) mass is 113 g/mol. The minimum absolute atomic E-state index is 0.0972. The Kier molecular flexibility index (Phi) is 0.949. The van der Waals surface area contributed by atoms with E-state index in [1.54, 1.807) is 6.92 Å². The van der Waals surface area contributed by atoms with Crippen LogP contribution in [0, 0.1) is 0 Å². The highest BCUT2D eigenvalue weighted by Crippen LogP contribution is 2.29. The maximum atomic E-state index is 10.7. The molecular formula is C6H11NO. The zero-order valence-corrected chi connectivity index (χ0v) is 5.56. The van der Waals surface area contributed by atoms with Crippen molar-refractivity contribution in [3.8, 4) is 0 Å². The van der Waals surface area contributed by atoms with Crippen molar-refractivity contribution in [2.24, 2.45) is 0 Å². The molecule has 1 rings (SSSR count). The van der Waals surface area contributed by atoms with Gasteiger partial charge in [0.25, 0.3) is 0 Å². The summed E-state index contributed by atoms with van der Waals surface area (Å²) >= 11 is 0. The van der Waals surface area contributed by atoms with Crippen molar-refractivity contribution in [1.29, 1.82) is 0 Å². The highest BCUT2D eigenvalue weighted by atomic mass is 16.1. The smallest absolute Gasteiger partial charge is 0.151 e. The summed E-state index contributed by atoms with van der Waals surface area (Å²) in [7, 11) is 1.96. The summed E-state index contributed by atoms with van der Waals surface area (Å²) in [6, 6.07) is 0. The van der Waals surface area contributed by atoms with Gasteiger partial charge in [0.05, 0.1) is 5.54 Å². The molecule has 0 amide bonds. The van der Waals surface area contributed by atoms with E-state index in [0.29, 0.717) is 0 Å². The van der Waals surface area contributed by atoms with Crippen LogP contribution in [-0.2, 0) is 4.79 Å². The van der Waals surface area contributed by atoms with Gasteiger partial charge in [0.1, 0.15) is 0 Å². The third-order valence-electron chi connectivity index (χ3n) is 2.04. The van der Waals surface area contributed by atoms with Gasteiger partial charge >= 0.3 is 0 Å². The zero-order valence-electron chi connectivity index (χ0n) is 5.56. The molecule has 8 heavy (non-hydrogen) atoms. The Labute approximate surface area is 49.5 Å². The number of Topliss-reactive ketones (excluding diaryl/α,β-unsaturated/α-hetero) is 1. The summed E-state index contributed by atoms with van der Waals surface area (Å²) in [6.07, 6.45) is 0. The van der Waals surface area contributed by atoms with Crippen LogP contribution in [0.3, 0.4) is 0 Å². The number of nitrogens with zero attached hydrogens (tertiary/aromatic N) is 1. The maximum absolute atomic E-state index is 10.7. The van der Waals surface area contributed by atoms with Crippen LogP contribution >= 0.6 is 0 Å². The normalized spacial score (nSPS) is 44.1. The predicted molar refractivity (Wildman–Crippen MR) is 31.7 cm³/mol. The number of ketones is 1. The molecule has 2 unspecified atom stereocenters. The molecule has 0 radical (unpaired) electrons. The fourth-order valence-electron chi connectivity index (χ4n) is 0.807. The Morgan fingerprint density at radius 2 is 2.12 bits per heavy atom. The van der Waals surface area contributed by atoms with Gasteiger partial charge in [-0.1, -0.05) is 0 Å². The van der Waals surface area contributed by atoms with E-state index in [2.05, 4.69) is 0 Å². The Morgan fingerprint density at radius 3 is 2.12 bits per heavy atom. The Bertz CT molecular complexity index is 132. The Hall–Kier alpha value is -0.370. The Balaban J connectivity index is 2.60. The van der Waals surface area contributed by atoms with Gasteiger partial charge in [-0.15, -0.1) is 0 Å². The number of rotatable bonds is 1. The van der Waals surface area contributed by atoms with Gasteiger partial charge < -0.3 is 0 Å². The minimum Gasteiger partial charge on any atom is -0.298 e. The average Bonchev–Trinajstić information content (AvgIpc) is 2.17. The number of hydrogen-bond donors (Lipinski definition) is 0. The molecule has 1 aliphatic heterocycles. The maximum Gasteiger partial charge on any atom is 0.151 e. The second-order valence-corrected chi connectivity index (χ2v) is 2.69. The molecule has 1 aliphatic rings. The minimum atomic E-state index is -0.0972. The van der Waals surface area contributed by atoms with Crippen molar-refractivity contribution in [2.45, 2.75) is 19.4 Å². The van der Waals surface area contributed by atoms with Crippen LogP contribution in [-0.4, -0.2) is 29.8 Å². The molecule has 0 bridgehead atoms. The average molecular weight is 113 g/mol. The van der Waals surface area contributed by atoms with Gasteiger partial charge in [0, 0.05) is 6.54 Å². The molecule has 2 atom stereocenters. The third kappa shape index (κ3) is 0.564. The first-order chi connectivity index (χ1) is 3.57. The molecule has 46 valence electrons. The van der Waals surface area contributed by atoms with Crippen molar-refractivity contribution in [2.75, 3.05) is 13.6 Å². The SMILES string of the molecule is CC(=O)C1(C)CN1C. The molecule has 0 aromatic heterocycles. The topological polar surface area (TPSA) is 20.1 Å². The molecule has 0 spiro atoms. The summed E-state index contributed by atoms with van der Waals surface area (Å²) in [6.45, 7) is 4.54. The van der Waals surface area contributed by atoms with E-state index < -0.39 is 0 Å². The quantitative estimate of drug-likeness (QED) is 0.455. The fraction of sp³-hybridized carbons (Fsp3) is 0.833.